The first-order valence-corrected chi connectivity index (χ1v) is 7.94. The van der Waals surface area contributed by atoms with E-state index >= 15 is 0 Å². The Bertz CT molecular complexity index is 872. The van der Waals surface area contributed by atoms with Crippen LogP contribution in [0.4, 0.5) is 10.2 Å². The predicted molar refractivity (Wildman–Crippen MR) is 90.0 cm³/mol. The SMILES string of the molecule is Fc1ccccc1Cc1nn(-c2cccc(Cl)c2)c2c1CCN2. The third-order valence-corrected chi connectivity index (χ3v) is 4.34. The number of anilines is 1. The van der Waals surface area contributed by atoms with Gasteiger partial charge in [-0.15, -0.1) is 0 Å². The van der Waals surface area contributed by atoms with Gasteiger partial charge in [0.1, 0.15) is 11.6 Å². The summed E-state index contributed by atoms with van der Waals surface area (Å²) in [6, 6.07) is 14.4. The molecule has 5 heteroatoms. The molecule has 0 radical (unpaired) electrons. The Morgan fingerprint density at radius 2 is 2.04 bits per heavy atom. The molecule has 0 amide bonds. The molecule has 1 aliphatic heterocycles. The molecule has 0 saturated carbocycles. The molecule has 3 aromatic rings. The summed E-state index contributed by atoms with van der Waals surface area (Å²) in [5.41, 5.74) is 3.64. The van der Waals surface area contributed by atoms with Crippen LogP contribution < -0.4 is 5.32 Å². The molecule has 0 bridgehead atoms. The van der Waals surface area contributed by atoms with E-state index in [0.717, 1.165) is 35.7 Å². The Kier molecular flexibility index (Phi) is 3.54. The van der Waals surface area contributed by atoms with Gasteiger partial charge in [-0.2, -0.15) is 5.10 Å². The molecule has 4 rings (SSSR count). The number of benzene rings is 2. The van der Waals surface area contributed by atoms with Gasteiger partial charge in [-0.1, -0.05) is 35.9 Å². The van der Waals surface area contributed by atoms with Crippen molar-refractivity contribution >= 4 is 17.4 Å². The highest BCUT2D eigenvalue weighted by atomic mass is 35.5. The third-order valence-electron chi connectivity index (χ3n) is 4.10. The number of nitrogens with one attached hydrogen (secondary N) is 1. The second-order valence-electron chi connectivity index (χ2n) is 5.61. The molecule has 2 heterocycles. The predicted octanol–water partition coefficient (Wildman–Crippen LogP) is 4.22. The highest BCUT2D eigenvalue weighted by Crippen LogP contribution is 2.30. The first-order chi connectivity index (χ1) is 11.2. The molecular weight excluding hydrogens is 313 g/mol. The fraction of sp³-hybridized carbons (Fsp3) is 0.167. The van der Waals surface area contributed by atoms with Crippen LogP contribution in [0.25, 0.3) is 5.69 Å². The first kappa shape index (κ1) is 14.3. The summed E-state index contributed by atoms with van der Waals surface area (Å²) in [6.07, 6.45) is 1.39. The lowest BCUT2D eigenvalue weighted by molar-refractivity contribution is 0.612. The average molecular weight is 328 g/mol. The van der Waals surface area contributed by atoms with Crippen LogP contribution in [0.1, 0.15) is 16.8 Å². The lowest BCUT2D eigenvalue weighted by Gasteiger charge is -2.06. The molecule has 2 aromatic carbocycles. The fourth-order valence-electron chi connectivity index (χ4n) is 3.00. The minimum atomic E-state index is -0.190. The number of hydrogen-bond donors (Lipinski definition) is 1. The lowest BCUT2D eigenvalue weighted by Crippen LogP contribution is -2.05. The zero-order valence-electron chi connectivity index (χ0n) is 12.4. The van der Waals surface area contributed by atoms with E-state index in [0.29, 0.717) is 17.0 Å². The zero-order valence-corrected chi connectivity index (χ0v) is 13.1. The van der Waals surface area contributed by atoms with Crippen molar-refractivity contribution in [2.45, 2.75) is 12.8 Å². The van der Waals surface area contributed by atoms with Crippen LogP contribution in [0, 0.1) is 5.82 Å². The summed E-state index contributed by atoms with van der Waals surface area (Å²) < 4.78 is 15.8. The van der Waals surface area contributed by atoms with Crippen molar-refractivity contribution in [2.24, 2.45) is 0 Å². The van der Waals surface area contributed by atoms with Crippen molar-refractivity contribution in [2.75, 3.05) is 11.9 Å². The summed E-state index contributed by atoms with van der Waals surface area (Å²) in [7, 11) is 0. The fourth-order valence-corrected chi connectivity index (χ4v) is 3.19. The van der Waals surface area contributed by atoms with Gasteiger partial charge in [0.15, 0.2) is 0 Å². The van der Waals surface area contributed by atoms with E-state index in [1.165, 1.54) is 6.07 Å². The minimum absolute atomic E-state index is 0.190. The number of fused-ring (bicyclic) bond motifs is 1. The zero-order chi connectivity index (χ0) is 15.8. The maximum atomic E-state index is 13.9. The van der Waals surface area contributed by atoms with E-state index in [4.69, 9.17) is 16.7 Å². The molecule has 0 aliphatic carbocycles. The van der Waals surface area contributed by atoms with Gasteiger partial charge in [-0.3, -0.25) is 0 Å². The largest absolute Gasteiger partial charge is 0.369 e. The summed E-state index contributed by atoms with van der Waals surface area (Å²) in [6.45, 7) is 0.873. The molecule has 116 valence electrons. The van der Waals surface area contributed by atoms with E-state index in [2.05, 4.69) is 5.32 Å². The summed E-state index contributed by atoms with van der Waals surface area (Å²) in [5, 5.41) is 8.75. The van der Waals surface area contributed by atoms with Gasteiger partial charge >= 0.3 is 0 Å². The molecule has 0 spiro atoms. The van der Waals surface area contributed by atoms with E-state index in [1.807, 2.05) is 41.1 Å². The Balaban J connectivity index is 1.78. The number of hydrogen-bond acceptors (Lipinski definition) is 2. The smallest absolute Gasteiger partial charge is 0.133 e. The molecule has 1 aromatic heterocycles. The van der Waals surface area contributed by atoms with E-state index < -0.39 is 0 Å². The Morgan fingerprint density at radius 3 is 2.87 bits per heavy atom. The number of rotatable bonds is 3. The van der Waals surface area contributed by atoms with Crippen LogP contribution in [0.5, 0.6) is 0 Å². The molecule has 1 aliphatic rings. The summed E-state index contributed by atoms with van der Waals surface area (Å²) >= 11 is 6.09. The van der Waals surface area contributed by atoms with Gasteiger partial charge < -0.3 is 5.32 Å². The minimum Gasteiger partial charge on any atom is -0.369 e. The van der Waals surface area contributed by atoms with Crippen molar-refractivity contribution in [1.82, 2.24) is 9.78 Å². The second-order valence-corrected chi connectivity index (χ2v) is 6.05. The van der Waals surface area contributed by atoms with Crippen LogP contribution in [0.15, 0.2) is 48.5 Å². The molecule has 0 fully saturated rings. The van der Waals surface area contributed by atoms with Crippen molar-refractivity contribution in [3.05, 3.63) is 76.2 Å². The van der Waals surface area contributed by atoms with Crippen molar-refractivity contribution < 1.29 is 4.39 Å². The summed E-state index contributed by atoms with van der Waals surface area (Å²) in [5.74, 6) is 0.795. The number of halogens is 2. The van der Waals surface area contributed by atoms with E-state index in [1.54, 1.807) is 6.07 Å². The number of aromatic nitrogens is 2. The monoisotopic (exact) mass is 327 g/mol. The quantitative estimate of drug-likeness (QED) is 0.780. The van der Waals surface area contributed by atoms with Crippen LogP contribution in [0.2, 0.25) is 5.02 Å². The van der Waals surface area contributed by atoms with Gasteiger partial charge in [0.25, 0.3) is 0 Å². The Labute approximate surface area is 138 Å². The molecule has 0 atom stereocenters. The van der Waals surface area contributed by atoms with Crippen molar-refractivity contribution in [3.8, 4) is 5.69 Å². The van der Waals surface area contributed by atoms with Crippen LogP contribution in [-0.2, 0) is 12.8 Å². The second kappa shape index (κ2) is 5.70. The first-order valence-electron chi connectivity index (χ1n) is 7.56. The molecular formula is C18H15ClFN3. The van der Waals surface area contributed by atoms with Gasteiger partial charge in [-0.25, -0.2) is 9.07 Å². The van der Waals surface area contributed by atoms with Gasteiger partial charge in [0.05, 0.1) is 11.4 Å². The maximum absolute atomic E-state index is 13.9. The number of nitrogens with zero attached hydrogens (tertiary/aromatic N) is 2. The Morgan fingerprint density at radius 1 is 1.17 bits per heavy atom. The van der Waals surface area contributed by atoms with Gasteiger partial charge in [0, 0.05) is 23.6 Å². The lowest BCUT2D eigenvalue weighted by atomic mass is 10.1. The Hall–Kier alpha value is -2.33. The van der Waals surface area contributed by atoms with Gasteiger partial charge in [-0.05, 0) is 36.2 Å². The highest BCUT2D eigenvalue weighted by Gasteiger charge is 2.23. The standard InChI is InChI=1S/C18H15ClFN3/c19-13-5-3-6-14(11-13)23-18-15(8-9-21-18)17(22-23)10-12-4-1-2-7-16(12)20/h1-7,11,21H,8-10H2. The maximum Gasteiger partial charge on any atom is 0.133 e. The third kappa shape index (κ3) is 2.59. The van der Waals surface area contributed by atoms with Crippen molar-refractivity contribution in [3.63, 3.8) is 0 Å². The van der Waals surface area contributed by atoms with Crippen LogP contribution in [0.3, 0.4) is 0 Å². The molecule has 3 nitrogen and oxygen atoms in total. The van der Waals surface area contributed by atoms with Gasteiger partial charge in [0.2, 0.25) is 0 Å². The molecule has 1 N–H and O–H groups in total. The normalized spacial score (nSPS) is 13.0. The van der Waals surface area contributed by atoms with Crippen LogP contribution in [-0.4, -0.2) is 16.3 Å². The highest BCUT2D eigenvalue weighted by molar-refractivity contribution is 6.30. The van der Waals surface area contributed by atoms with Crippen molar-refractivity contribution in [1.29, 1.82) is 0 Å². The van der Waals surface area contributed by atoms with E-state index in [9.17, 15) is 4.39 Å². The summed E-state index contributed by atoms with van der Waals surface area (Å²) in [4.78, 5) is 0. The van der Waals surface area contributed by atoms with E-state index in [-0.39, 0.29) is 5.82 Å². The van der Waals surface area contributed by atoms with Crippen LogP contribution >= 0.6 is 11.6 Å². The topological polar surface area (TPSA) is 29.9 Å². The molecule has 0 unspecified atom stereocenters. The molecule has 23 heavy (non-hydrogen) atoms. The average Bonchev–Trinajstić information content (AvgIpc) is 3.13. The molecule has 0 saturated heterocycles.